The lowest BCUT2D eigenvalue weighted by molar-refractivity contribution is 0.104. The van der Waals surface area contributed by atoms with E-state index in [0.717, 1.165) is 22.6 Å². The normalized spacial score (nSPS) is 11.5. The van der Waals surface area contributed by atoms with Gasteiger partial charge in [0, 0.05) is 22.8 Å². The van der Waals surface area contributed by atoms with Gasteiger partial charge in [0.05, 0.1) is 20.3 Å². The van der Waals surface area contributed by atoms with Gasteiger partial charge in [-0.15, -0.1) is 0 Å². The van der Waals surface area contributed by atoms with E-state index in [4.69, 9.17) is 14.2 Å². The van der Waals surface area contributed by atoms with E-state index in [2.05, 4.69) is 20.8 Å². The average molecular weight is 383 g/mol. The van der Waals surface area contributed by atoms with Crippen LogP contribution in [0.2, 0.25) is 0 Å². The quantitative estimate of drug-likeness (QED) is 0.435. The number of methoxy groups -OCH3 is 1. The van der Waals surface area contributed by atoms with E-state index < -0.39 is 0 Å². The zero-order valence-corrected chi connectivity index (χ0v) is 17.7. The summed E-state index contributed by atoms with van der Waals surface area (Å²) in [4.78, 5) is 12.5. The van der Waals surface area contributed by atoms with Crippen molar-refractivity contribution < 1.29 is 19.0 Å². The Hall–Kier alpha value is -2.75. The predicted octanol–water partition coefficient (Wildman–Crippen LogP) is 5.69. The van der Waals surface area contributed by atoms with Crippen molar-refractivity contribution in [3.8, 4) is 17.2 Å². The van der Waals surface area contributed by atoms with E-state index >= 15 is 0 Å². The molecule has 0 aliphatic heterocycles. The number of hydrogen-bond acceptors (Lipinski definition) is 4. The van der Waals surface area contributed by atoms with Gasteiger partial charge in [-0.3, -0.25) is 4.79 Å². The van der Waals surface area contributed by atoms with E-state index in [1.165, 1.54) is 0 Å². The van der Waals surface area contributed by atoms with Gasteiger partial charge in [0.1, 0.15) is 17.2 Å². The molecule has 2 aromatic carbocycles. The second-order valence-corrected chi connectivity index (χ2v) is 7.43. The maximum atomic E-state index is 12.5. The van der Waals surface area contributed by atoms with Crippen molar-refractivity contribution in [2.75, 3.05) is 20.3 Å². The van der Waals surface area contributed by atoms with Crippen LogP contribution in [-0.2, 0) is 5.41 Å². The molecule has 0 N–H and O–H groups in total. The first-order valence-electron chi connectivity index (χ1n) is 9.60. The van der Waals surface area contributed by atoms with Gasteiger partial charge in [0.2, 0.25) is 0 Å². The third-order valence-corrected chi connectivity index (χ3v) is 4.31. The van der Waals surface area contributed by atoms with E-state index in [0.29, 0.717) is 24.5 Å². The smallest absolute Gasteiger partial charge is 0.185 e. The van der Waals surface area contributed by atoms with Gasteiger partial charge in [-0.1, -0.05) is 20.8 Å². The minimum Gasteiger partial charge on any atom is -0.497 e. The molecule has 0 saturated carbocycles. The van der Waals surface area contributed by atoms with Gasteiger partial charge in [0.25, 0.3) is 0 Å². The lowest BCUT2D eigenvalue weighted by Crippen LogP contribution is -2.14. The number of carbonyl (C=O) groups is 1. The van der Waals surface area contributed by atoms with E-state index in [-0.39, 0.29) is 11.2 Å². The highest BCUT2D eigenvalue weighted by molar-refractivity contribution is 6.07. The maximum absolute atomic E-state index is 12.5. The van der Waals surface area contributed by atoms with Crippen molar-refractivity contribution in [1.29, 1.82) is 0 Å². The molecule has 4 nitrogen and oxygen atoms in total. The summed E-state index contributed by atoms with van der Waals surface area (Å²) in [6, 6.07) is 11.0. The fraction of sp³-hybridized carbons (Fsp3) is 0.375. The molecular weight excluding hydrogens is 352 g/mol. The van der Waals surface area contributed by atoms with Gasteiger partial charge in [0.15, 0.2) is 5.78 Å². The molecule has 0 radical (unpaired) electrons. The van der Waals surface area contributed by atoms with Crippen molar-refractivity contribution in [2.24, 2.45) is 0 Å². The Labute approximate surface area is 168 Å². The summed E-state index contributed by atoms with van der Waals surface area (Å²) in [5, 5.41) is 0. The summed E-state index contributed by atoms with van der Waals surface area (Å²) < 4.78 is 16.8. The molecule has 0 aliphatic rings. The van der Waals surface area contributed by atoms with Crippen molar-refractivity contribution in [2.45, 2.75) is 40.0 Å². The highest BCUT2D eigenvalue weighted by Gasteiger charge is 2.21. The van der Waals surface area contributed by atoms with Crippen molar-refractivity contribution in [3.63, 3.8) is 0 Å². The van der Waals surface area contributed by atoms with Crippen molar-refractivity contribution in [1.82, 2.24) is 0 Å². The number of ketones is 1. The second kappa shape index (κ2) is 9.45. The molecule has 0 spiro atoms. The Bertz CT molecular complexity index is 827. The molecule has 0 saturated heterocycles. The topological polar surface area (TPSA) is 44.8 Å². The lowest BCUT2D eigenvalue weighted by atomic mass is 9.85. The van der Waals surface area contributed by atoms with Crippen molar-refractivity contribution in [3.05, 3.63) is 59.2 Å². The second-order valence-electron chi connectivity index (χ2n) is 7.43. The molecule has 0 aromatic heterocycles. The Morgan fingerprint density at radius 3 is 2.11 bits per heavy atom. The fourth-order valence-corrected chi connectivity index (χ4v) is 2.87. The van der Waals surface area contributed by atoms with Crippen LogP contribution in [0.5, 0.6) is 17.2 Å². The Morgan fingerprint density at radius 1 is 0.964 bits per heavy atom. The first kappa shape index (κ1) is 21.5. The molecular formula is C24H30O4. The van der Waals surface area contributed by atoms with Crippen LogP contribution >= 0.6 is 0 Å². The number of allylic oxidation sites excluding steroid dienone is 1. The number of carbonyl (C=O) groups excluding carboxylic acids is 1. The highest BCUT2D eigenvalue weighted by atomic mass is 16.5. The molecule has 0 fully saturated rings. The van der Waals surface area contributed by atoms with Crippen LogP contribution < -0.4 is 14.2 Å². The van der Waals surface area contributed by atoms with Crippen molar-refractivity contribution >= 4 is 11.9 Å². The zero-order chi connectivity index (χ0) is 20.7. The monoisotopic (exact) mass is 382 g/mol. The number of hydrogen-bond donors (Lipinski definition) is 0. The average Bonchev–Trinajstić information content (AvgIpc) is 2.66. The molecule has 0 heterocycles. The molecule has 0 aliphatic carbocycles. The highest BCUT2D eigenvalue weighted by Crippen LogP contribution is 2.37. The van der Waals surface area contributed by atoms with E-state index in [1.54, 1.807) is 37.5 Å². The van der Waals surface area contributed by atoms with E-state index in [9.17, 15) is 4.79 Å². The zero-order valence-electron chi connectivity index (χ0n) is 17.7. The third kappa shape index (κ3) is 5.38. The number of benzene rings is 2. The molecule has 0 atom stereocenters. The van der Waals surface area contributed by atoms with Crippen LogP contribution in [0.4, 0.5) is 0 Å². The Balaban J connectivity index is 2.40. The third-order valence-electron chi connectivity index (χ3n) is 4.31. The summed E-state index contributed by atoms with van der Waals surface area (Å²) >= 11 is 0. The van der Waals surface area contributed by atoms with Gasteiger partial charge < -0.3 is 14.2 Å². The predicted molar refractivity (Wildman–Crippen MR) is 114 cm³/mol. The van der Waals surface area contributed by atoms with Gasteiger partial charge >= 0.3 is 0 Å². The minimum absolute atomic E-state index is 0.0729. The summed E-state index contributed by atoms with van der Waals surface area (Å²) in [6.45, 7) is 11.4. The lowest BCUT2D eigenvalue weighted by Gasteiger charge is -2.24. The number of ether oxygens (including phenoxy) is 3. The summed E-state index contributed by atoms with van der Waals surface area (Å²) in [6.07, 6.45) is 3.38. The SMILES string of the molecule is CCOc1cc(OCC)c(C(C)(C)C)cc1C=CC(=O)c1ccc(OC)cc1. The van der Waals surface area contributed by atoms with Crippen LogP contribution in [0.3, 0.4) is 0 Å². The Morgan fingerprint density at radius 2 is 1.57 bits per heavy atom. The van der Waals surface area contributed by atoms with Gasteiger partial charge in [-0.25, -0.2) is 0 Å². The summed E-state index contributed by atoms with van der Waals surface area (Å²) in [5.74, 6) is 2.17. The molecule has 0 unspecified atom stereocenters. The van der Waals surface area contributed by atoms with Gasteiger partial charge in [-0.05, 0) is 61.7 Å². The molecule has 0 bridgehead atoms. The number of rotatable bonds is 8. The van der Waals surface area contributed by atoms with Crippen LogP contribution in [0.15, 0.2) is 42.5 Å². The fourth-order valence-electron chi connectivity index (χ4n) is 2.87. The first-order valence-corrected chi connectivity index (χ1v) is 9.60. The molecule has 28 heavy (non-hydrogen) atoms. The molecule has 0 amide bonds. The van der Waals surface area contributed by atoms with Crippen LogP contribution in [0.25, 0.3) is 6.08 Å². The molecule has 2 aromatic rings. The molecule has 150 valence electrons. The largest absolute Gasteiger partial charge is 0.497 e. The van der Waals surface area contributed by atoms with Crippen LogP contribution in [0.1, 0.15) is 56.1 Å². The van der Waals surface area contributed by atoms with Crippen LogP contribution in [-0.4, -0.2) is 26.1 Å². The standard InChI is InChI=1S/C24H30O4/c1-7-27-22-16-23(28-8-2)20(24(3,4)5)15-18(22)11-14-21(25)17-9-12-19(26-6)13-10-17/h9-16H,7-8H2,1-6H3. The summed E-state index contributed by atoms with van der Waals surface area (Å²) in [7, 11) is 1.60. The van der Waals surface area contributed by atoms with Gasteiger partial charge in [-0.2, -0.15) is 0 Å². The van der Waals surface area contributed by atoms with Crippen LogP contribution in [0, 0.1) is 0 Å². The first-order chi connectivity index (χ1) is 13.3. The van der Waals surface area contributed by atoms with E-state index in [1.807, 2.05) is 32.1 Å². The maximum Gasteiger partial charge on any atom is 0.185 e. The summed E-state index contributed by atoms with van der Waals surface area (Å²) in [5.41, 5.74) is 2.45. The Kier molecular flexibility index (Phi) is 7.27. The molecule has 4 heteroatoms. The minimum atomic E-state index is -0.0994. The molecule has 2 rings (SSSR count).